The van der Waals surface area contributed by atoms with E-state index in [2.05, 4.69) is 13.8 Å². The molecule has 1 aromatic heterocycles. The average molecular weight is 471 g/mol. The van der Waals surface area contributed by atoms with Crippen LogP contribution in [0.2, 0.25) is 0 Å². The van der Waals surface area contributed by atoms with Gasteiger partial charge in [-0.2, -0.15) is 0 Å². The summed E-state index contributed by atoms with van der Waals surface area (Å²) in [4.78, 5) is 25.7. The molecule has 1 aliphatic heterocycles. The zero-order chi connectivity index (χ0) is 23.9. The lowest BCUT2D eigenvalue weighted by Crippen LogP contribution is -2.67. The standard InChI is InChI=1S/C27H34O7/c1-24-9-7-17(29)12-16(24)5-6-18-19-8-10-26(25(19,2)13-20(30)23(18)24)21(31)14-33-27(15-28,34-26)22-4-3-11-32-22/h3-4,11-12,18-20,23,28,30H,5-10,13-15H2,1-2H3/t18-,19-,20-,23+,24-,25-,26-,27?/m0/s1. The van der Waals surface area contributed by atoms with Crippen LogP contribution in [0.5, 0.6) is 0 Å². The SMILES string of the molecule is C[C@]12CCC(=O)C=C1CC[C@@H]1[C@@H]2[C@@H](O)C[C@@]2(C)[C@H]1CC[C@@]21OC(CO)(c2ccco2)OCC1=O. The summed E-state index contributed by atoms with van der Waals surface area (Å²) in [7, 11) is 0. The molecule has 0 aromatic carbocycles. The van der Waals surface area contributed by atoms with Crippen LogP contribution < -0.4 is 0 Å². The molecule has 1 spiro atoms. The van der Waals surface area contributed by atoms with E-state index in [4.69, 9.17) is 13.9 Å². The van der Waals surface area contributed by atoms with Crippen molar-refractivity contribution < 1.29 is 33.7 Å². The van der Waals surface area contributed by atoms with Crippen LogP contribution in [-0.4, -0.2) is 46.7 Å². The number of ketones is 2. The Kier molecular flexibility index (Phi) is 4.90. The van der Waals surface area contributed by atoms with Crippen molar-refractivity contribution in [2.75, 3.05) is 13.2 Å². The van der Waals surface area contributed by atoms with Crippen LogP contribution in [0.1, 0.15) is 64.6 Å². The summed E-state index contributed by atoms with van der Waals surface area (Å²) < 4.78 is 17.9. The topological polar surface area (TPSA) is 106 Å². The summed E-state index contributed by atoms with van der Waals surface area (Å²) in [6, 6.07) is 3.40. The monoisotopic (exact) mass is 470 g/mol. The van der Waals surface area contributed by atoms with Gasteiger partial charge in [0.15, 0.2) is 17.3 Å². The number of ether oxygens (including phenoxy) is 2. The molecular formula is C27H34O7. The Bertz CT molecular complexity index is 1050. The van der Waals surface area contributed by atoms with E-state index < -0.39 is 29.5 Å². The average Bonchev–Trinajstić information content (AvgIpc) is 3.44. The fraction of sp³-hybridized carbons (Fsp3) is 0.704. The number of aliphatic hydroxyl groups is 2. The van der Waals surface area contributed by atoms with E-state index in [0.29, 0.717) is 25.0 Å². The highest BCUT2D eigenvalue weighted by atomic mass is 16.7. The first-order chi connectivity index (χ1) is 16.2. The Morgan fingerprint density at radius 1 is 1.15 bits per heavy atom. The number of hydrogen-bond acceptors (Lipinski definition) is 7. The van der Waals surface area contributed by atoms with Crippen LogP contribution >= 0.6 is 0 Å². The van der Waals surface area contributed by atoms with E-state index in [1.165, 1.54) is 11.8 Å². The second-order valence-corrected chi connectivity index (χ2v) is 11.6. The Morgan fingerprint density at radius 2 is 1.97 bits per heavy atom. The highest BCUT2D eigenvalue weighted by Gasteiger charge is 2.72. The molecule has 8 atom stereocenters. The molecule has 184 valence electrons. The molecule has 34 heavy (non-hydrogen) atoms. The van der Waals surface area contributed by atoms with Gasteiger partial charge in [0.05, 0.1) is 12.4 Å². The number of fused-ring (bicyclic) bond motifs is 6. The Labute approximate surface area is 199 Å². The molecule has 4 fully saturated rings. The van der Waals surface area contributed by atoms with Crippen LogP contribution in [0.4, 0.5) is 0 Å². The van der Waals surface area contributed by atoms with Gasteiger partial charge in [-0.05, 0) is 79.9 Å². The minimum Gasteiger partial charge on any atom is -0.464 e. The lowest BCUT2D eigenvalue weighted by atomic mass is 9.45. The van der Waals surface area contributed by atoms with Gasteiger partial charge in [0, 0.05) is 11.8 Å². The second kappa shape index (κ2) is 7.36. The van der Waals surface area contributed by atoms with Crippen molar-refractivity contribution in [1.29, 1.82) is 0 Å². The summed E-state index contributed by atoms with van der Waals surface area (Å²) >= 11 is 0. The summed E-state index contributed by atoms with van der Waals surface area (Å²) in [5, 5.41) is 22.0. The van der Waals surface area contributed by atoms with Gasteiger partial charge < -0.3 is 24.1 Å². The third-order valence-electron chi connectivity index (χ3n) is 10.3. The highest BCUT2D eigenvalue weighted by Crippen LogP contribution is 2.69. The minimum atomic E-state index is -1.53. The lowest BCUT2D eigenvalue weighted by molar-refractivity contribution is -0.353. The van der Waals surface area contributed by atoms with Crippen molar-refractivity contribution in [3.8, 4) is 0 Å². The quantitative estimate of drug-likeness (QED) is 0.683. The van der Waals surface area contributed by atoms with Gasteiger partial charge in [0.25, 0.3) is 5.79 Å². The fourth-order valence-electron chi connectivity index (χ4n) is 8.74. The number of hydrogen-bond donors (Lipinski definition) is 2. The van der Waals surface area contributed by atoms with Crippen LogP contribution in [0.25, 0.3) is 0 Å². The van der Waals surface area contributed by atoms with Crippen LogP contribution in [0, 0.1) is 28.6 Å². The van der Waals surface area contributed by atoms with Crippen LogP contribution in [0.3, 0.4) is 0 Å². The molecule has 3 saturated carbocycles. The summed E-state index contributed by atoms with van der Waals surface area (Å²) in [5.74, 6) is -0.604. The summed E-state index contributed by atoms with van der Waals surface area (Å²) in [5.41, 5.74) is -0.743. The molecule has 6 rings (SSSR count). The van der Waals surface area contributed by atoms with Crippen LogP contribution in [0.15, 0.2) is 34.5 Å². The third kappa shape index (κ3) is 2.73. The molecule has 1 aromatic rings. The minimum absolute atomic E-state index is 0.0661. The first-order valence-corrected chi connectivity index (χ1v) is 12.6. The molecule has 0 radical (unpaired) electrons. The van der Waals surface area contributed by atoms with E-state index in [-0.39, 0.29) is 41.3 Å². The van der Waals surface area contributed by atoms with Crippen molar-refractivity contribution in [3.63, 3.8) is 0 Å². The Balaban J connectivity index is 1.40. The maximum absolute atomic E-state index is 13.6. The summed E-state index contributed by atoms with van der Waals surface area (Å²) in [6.07, 6.45) is 7.61. The van der Waals surface area contributed by atoms with Crippen molar-refractivity contribution >= 4 is 11.6 Å². The first kappa shape index (κ1) is 22.7. The van der Waals surface area contributed by atoms with Crippen LogP contribution in [-0.2, 0) is 24.8 Å². The van der Waals surface area contributed by atoms with Gasteiger partial charge >= 0.3 is 0 Å². The number of aliphatic hydroxyl groups excluding tert-OH is 2. The van der Waals surface area contributed by atoms with Gasteiger partial charge in [0.2, 0.25) is 0 Å². The first-order valence-electron chi connectivity index (χ1n) is 12.6. The van der Waals surface area contributed by atoms with Crippen molar-refractivity contribution in [3.05, 3.63) is 35.8 Å². The molecule has 0 amide bonds. The normalized spacial score (nSPS) is 48.3. The molecule has 5 aliphatic rings. The molecular weight excluding hydrogens is 436 g/mol. The van der Waals surface area contributed by atoms with E-state index in [1.54, 1.807) is 12.1 Å². The zero-order valence-electron chi connectivity index (χ0n) is 19.9. The molecule has 2 heterocycles. The molecule has 7 heteroatoms. The fourth-order valence-corrected chi connectivity index (χ4v) is 8.74. The number of furan rings is 1. The van der Waals surface area contributed by atoms with Gasteiger partial charge in [-0.3, -0.25) is 9.59 Å². The Morgan fingerprint density at radius 3 is 2.71 bits per heavy atom. The van der Waals surface area contributed by atoms with Gasteiger partial charge in [0.1, 0.15) is 18.8 Å². The third-order valence-corrected chi connectivity index (χ3v) is 10.3. The van der Waals surface area contributed by atoms with Crippen molar-refractivity contribution in [1.82, 2.24) is 0 Å². The van der Waals surface area contributed by atoms with Crippen molar-refractivity contribution in [2.24, 2.45) is 28.6 Å². The smallest absolute Gasteiger partial charge is 0.253 e. The molecule has 1 unspecified atom stereocenters. The predicted octanol–water partition coefficient (Wildman–Crippen LogP) is 3.28. The zero-order valence-corrected chi connectivity index (χ0v) is 19.9. The van der Waals surface area contributed by atoms with Gasteiger partial charge in [-0.1, -0.05) is 19.4 Å². The number of carbonyl (C=O) groups excluding carboxylic acids is 2. The van der Waals surface area contributed by atoms with E-state index in [1.807, 2.05) is 6.08 Å². The Hall–Kier alpha value is -1.80. The molecule has 7 nitrogen and oxygen atoms in total. The number of carbonyl (C=O) groups is 2. The number of allylic oxidation sites excluding steroid dienone is 1. The molecule has 0 bridgehead atoms. The maximum atomic E-state index is 13.6. The largest absolute Gasteiger partial charge is 0.464 e. The molecule has 1 saturated heterocycles. The van der Waals surface area contributed by atoms with E-state index in [9.17, 15) is 19.8 Å². The lowest BCUT2D eigenvalue weighted by Gasteiger charge is -2.62. The number of rotatable bonds is 2. The van der Waals surface area contributed by atoms with Crippen molar-refractivity contribution in [2.45, 2.75) is 76.3 Å². The van der Waals surface area contributed by atoms with E-state index >= 15 is 0 Å². The number of Topliss-reactive ketones (excluding diaryl/α,β-unsaturated/α-hetero) is 1. The highest BCUT2D eigenvalue weighted by molar-refractivity contribution is 5.92. The molecule has 2 N–H and O–H groups in total. The maximum Gasteiger partial charge on any atom is 0.253 e. The van der Waals surface area contributed by atoms with E-state index in [0.717, 1.165) is 25.7 Å². The molecule has 4 aliphatic carbocycles. The predicted molar refractivity (Wildman–Crippen MR) is 120 cm³/mol. The summed E-state index contributed by atoms with van der Waals surface area (Å²) in [6.45, 7) is 3.68. The second-order valence-electron chi connectivity index (χ2n) is 11.6. The van der Waals surface area contributed by atoms with Gasteiger partial charge in [-0.25, -0.2) is 0 Å². The van der Waals surface area contributed by atoms with Gasteiger partial charge in [-0.15, -0.1) is 0 Å².